The van der Waals surface area contributed by atoms with E-state index in [0.717, 1.165) is 5.69 Å². The van der Waals surface area contributed by atoms with Crippen molar-refractivity contribution in [3.63, 3.8) is 0 Å². The number of hydrogen-bond acceptors (Lipinski definition) is 3. The zero-order valence-electron chi connectivity index (χ0n) is 11.0. The number of hydrogen-bond donors (Lipinski definition) is 2. The molecule has 0 fully saturated rings. The van der Waals surface area contributed by atoms with Crippen LogP contribution in [-0.2, 0) is 6.54 Å². The Bertz CT molecular complexity index is 609. The molecule has 1 heterocycles. The summed E-state index contributed by atoms with van der Waals surface area (Å²) in [5, 5.41) is 12.2. The minimum atomic E-state index is -0.935. The Morgan fingerprint density at radius 3 is 2.84 bits per heavy atom. The molecule has 1 aromatic carbocycles. The number of rotatable bonds is 4. The van der Waals surface area contributed by atoms with E-state index in [0.29, 0.717) is 12.2 Å². The number of anilines is 1. The molecule has 2 N–H and O–H groups in total. The highest BCUT2D eigenvalue weighted by molar-refractivity contribution is 5.87. The van der Waals surface area contributed by atoms with Crippen LogP contribution in [0.15, 0.2) is 36.5 Å². The number of carboxylic acids is 1. The highest BCUT2D eigenvalue weighted by Gasteiger charge is 2.05. The lowest BCUT2D eigenvalue weighted by Crippen LogP contribution is -2.05. The minimum absolute atomic E-state index is 0.257. The quantitative estimate of drug-likeness (QED) is 0.882. The summed E-state index contributed by atoms with van der Waals surface area (Å²) in [5.41, 5.74) is 4.42. The van der Waals surface area contributed by atoms with Crippen molar-refractivity contribution in [1.29, 1.82) is 0 Å². The van der Waals surface area contributed by atoms with Crippen molar-refractivity contribution in [1.82, 2.24) is 4.98 Å². The second-order valence-corrected chi connectivity index (χ2v) is 4.44. The van der Waals surface area contributed by atoms with E-state index in [4.69, 9.17) is 5.11 Å². The van der Waals surface area contributed by atoms with Crippen LogP contribution in [0.1, 0.15) is 27.2 Å². The first-order valence-corrected chi connectivity index (χ1v) is 6.06. The van der Waals surface area contributed by atoms with Crippen LogP contribution in [0.2, 0.25) is 0 Å². The second kappa shape index (κ2) is 5.52. The molecule has 0 atom stereocenters. The molecule has 0 saturated carbocycles. The predicted octanol–water partition coefficient (Wildman–Crippen LogP) is 3.01. The maximum Gasteiger partial charge on any atom is 0.335 e. The molecule has 0 bridgehead atoms. The zero-order chi connectivity index (χ0) is 13.8. The van der Waals surface area contributed by atoms with Crippen molar-refractivity contribution in [3.05, 3.63) is 58.9 Å². The number of aromatic carboxylic acids is 1. The maximum atomic E-state index is 10.9. The Morgan fingerprint density at radius 2 is 2.11 bits per heavy atom. The molecule has 4 nitrogen and oxygen atoms in total. The molecule has 0 saturated heterocycles. The standard InChI is InChI=1S/C15H16N2O2/c1-10-4-3-5-14(11(10)2)17-9-13-8-12(15(18)19)6-7-16-13/h3-8,17H,9H2,1-2H3,(H,18,19). The van der Waals surface area contributed by atoms with Crippen LogP contribution < -0.4 is 5.32 Å². The van der Waals surface area contributed by atoms with Gasteiger partial charge in [0.2, 0.25) is 0 Å². The van der Waals surface area contributed by atoms with Gasteiger partial charge in [0.25, 0.3) is 0 Å². The Morgan fingerprint density at radius 1 is 1.32 bits per heavy atom. The molecule has 2 aromatic rings. The van der Waals surface area contributed by atoms with E-state index in [-0.39, 0.29) is 5.56 Å². The summed E-state index contributed by atoms with van der Waals surface area (Å²) < 4.78 is 0. The van der Waals surface area contributed by atoms with Crippen LogP contribution >= 0.6 is 0 Å². The molecule has 98 valence electrons. The molecule has 0 aliphatic carbocycles. The largest absolute Gasteiger partial charge is 0.478 e. The van der Waals surface area contributed by atoms with Gasteiger partial charge in [0.05, 0.1) is 17.8 Å². The van der Waals surface area contributed by atoms with Crippen LogP contribution in [-0.4, -0.2) is 16.1 Å². The SMILES string of the molecule is Cc1cccc(NCc2cc(C(=O)O)ccn2)c1C. The minimum Gasteiger partial charge on any atom is -0.478 e. The monoisotopic (exact) mass is 256 g/mol. The fourth-order valence-electron chi connectivity index (χ4n) is 1.84. The van der Waals surface area contributed by atoms with Gasteiger partial charge >= 0.3 is 5.97 Å². The Hall–Kier alpha value is -2.36. The van der Waals surface area contributed by atoms with Crippen LogP contribution in [0, 0.1) is 13.8 Å². The number of benzene rings is 1. The molecule has 2 rings (SSSR count). The number of carboxylic acid groups (broad SMARTS) is 1. The number of aryl methyl sites for hydroxylation is 1. The molecule has 0 amide bonds. The number of pyridine rings is 1. The summed E-state index contributed by atoms with van der Waals surface area (Å²) in [6.07, 6.45) is 1.52. The molecular weight excluding hydrogens is 240 g/mol. The van der Waals surface area contributed by atoms with Crippen molar-refractivity contribution >= 4 is 11.7 Å². The third kappa shape index (κ3) is 3.10. The van der Waals surface area contributed by atoms with Crippen LogP contribution in [0.4, 0.5) is 5.69 Å². The van der Waals surface area contributed by atoms with E-state index >= 15 is 0 Å². The Kier molecular flexibility index (Phi) is 3.80. The third-order valence-electron chi connectivity index (χ3n) is 3.13. The number of nitrogens with one attached hydrogen (secondary N) is 1. The lowest BCUT2D eigenvalue weighted by molar-refractivity contribution is 0.0696. The molecule has 4 heteroatoms. The first-order valence-electron chi connectivity index (χ1n) is 6.06. The number of aromatic nitrogens is 1. The zero-order valence-corrected chi connectivity index (χ0v) is 11.0. The topological polar surface area (TPSA) is 62.2 Å². The van der Waals surface area contributed by atoms with E-state index in [1.54, 1.807) is 6.07 Å². The van der Waals surface area contributed by atoms with Gasteiger partial charge in [0.15, 0.2) is 0 Å². The average molecular weight is 256 g/mol. The lowest BCUT2D eigenvalue weighted by Gasteiger charge is -2.11. The summed E-state index contributed by atoms with van der Waals surface area (Å²) in [6, 6.07) is 9.13. The van der Waals surface area contributed by atoms with E-state index in [9.17, 15) is 4.79 Å². The van der Waals surface area contributed by atoms with E-state index in [1.807, 2.05) is 12.1 Å². The highest BCUT2D eigenvalue weighted by Crippen LogP contribution is 2.18. The van der Waals surface area contributed by atoms with Crippen molar-refractivity contribution in [2.24, 2.45) is 0 Å². The number of carbonyl (C=O) groups is 1. The van der Waals surface area contributed by atoms with Gasteiger partial charge in [0.1, 0.15) is 0 Å². The molecular formula is C15H16N2O2. The first kappa shape index (κ1) is 13.1. The summed E-state index contributed by atoms with van der Waals surface area (Å²) in [6.45, 7) is 4.62. The van der Waals surface area contributed by atoms with Gasteiger partial charge in [-0.15, -0.1) is 0 Å². The summed E-state index contributed by atoms with van der Waals surface area (Å²) in [4.78, 5) is 15.0. The summed E-state index contributed by atoms with van der Waals surface area (Å²) in [5.74, 6) is -0.935. The van der Waals surface area contributed by atoms with Gasteiger partial charge in [-0.25, -0.2) is 4.79 Å². The van der Waals surface area contributed by atoms with Gasteiger partial charge in [-0.05, 0) is 43.2 Å². The van der Waals surface area contributed by atoms with E-state index < -0.39 is 5.97 Å². The molecule has 0 radical (unpaired) electrons. The second-order valence-electron chi connectivity index (χ2n) is 4.44. The summed E-state index contributed by atoms with van der Waals surface area (Å²) >= 11 is 0. The van der Waals surface area contributed by atoms with E-state index in [2.05, 4.69) is 30.2 Å². The third-order valence-corrected chi connectivity index (χ3v) is 3.13. The van der Waals surface area contributed by atoms with Crippen molar-refractivity contribution in [3.8, 4) is 0 Å². The van der Waals surface area contributed by atoms with Crippen molar-refractivity contribution < 1.29 is 9.90 Å². The maximum absolute atomic E-state index is 10.9. The number of nitrogens with zero attached hydrogens (tertiary/aromatic N) is 1. The molecule has 0 spiro atoms. The van der Waals surface area contributed by atoms with Gasteiger partial charge in [0, 0.05) is 11.9 Å². The highest BCUT2D eigenvalue weighted by atomic mass is 16.4. The molecule has 0 aliphatic rings. The van der Waals surface area contributed by atoms with Crippen molar-refractivity contribution in [2.45, 2.75) is 20.4 Å². The van der Waals surface area contributed by atoms with Crippen LogP contribution in [0.5, 0.6) is 0 Å². The summed E-state index contributed by atoms with van der Waals surface area (Å²) in [7, 11) is 0. The first-order chi connectivity index (χ1) is 9.08. The van der Waals surface area contributed by atoms with Gasteiger partial charge in [-0.3, -0.25) is 4.98 Å². The van der Waals surface area contributed by atoms with Gasteiger partial charge in [-0.2, -0.15) is 0 Å². The molecule has 0 aliphatic heterocycles. The average Bonchev–Trinajstić information content (AvgIpc) is 2.41. The molecule has 1 aromatic heterocycles. The smallest absolute Gasteiger partial charge is 0.335 e. The fraction of sp³-hybridized carbons (Fsp3) is 0.200. The van der Waals surface area contributed by atoms with Gasteiger partial charge in [-0.1, -0.05) is 12.1 Å². The van der Waals surface area contributed by atoms with E-state index in [1.165, 1.54) is 23.4 Å². The lowest BCUT2D eigenvalue weighted by atomic mass is 10.1. The molecule has 19 heavy (non-hydrogen) atoms. The predicted molar refractivity (Wildman–Crippen MR) is 74.4 cm³/mol. The molecule has 0 unspecified atom stereocenters. The van der Waals surface area contributed by atoms with Crippen LogP contribution in [0.25, 0.3) is 0 Å². The van der Waals surface area contributed by atoms with Crippen LogP contribution in [0.3, 0.4) is 0 Å². The Labute approximate surface area is 112 Å². The Balaban J connectivity index is 2.12. The van der Waals surface area contributed by atoms with Crippen molar-refractivity contribution in [2.75, 3.05) is 5.32 Å². The van der Waals surface area contributed by atoms with Gasteiger partial charge < -0.3 is 10.4 Å². The fourth-order valence-corrected chi connectivity index (χ4v) is 1.84. The normalized spacial score (nSPS) is 10.2.